The van der Waals surface area contributed by atoms with Crippen molar-refractivity contribution in [3.05, 3.63) is 34.9 Å². The fourth-order valence-electron chi connectivity index (χ4n) is 2.09. The van der Waals surface area contributed by atoms with E-state index in [1.807, 2.05) is 18.2 Å². The van der Waals surface area contributed by atoms with Crippen LogP contribution >= 0.6 is 0 Å². The molecule has 94 valence electrons. The SMILES string of the molecule is CC(O)c1ccc2c(c1)CN(S(C)(=O)=O)CC2. The highest BCUT2D eigenvalue weighted by Crippen LogP contribution is 2.24. The minimum absolute atomic E-state index is 0.411. The highest BCUT2D eigenvalue weighted by Gasteiger charge is 2.23. The van der Waals surface area contributed by atoms with Crippen molar-refractivity contribution in [2.24, 2.45) is 0 Å². The second-order valence-corrected chi connectivity index (χ2v) is 6.53. The number of sulfonamides is 1. The van der Waals surface area contributed by atoms with Crippen molar-refractivity contribution in [3.63, 3.8) is 0 Å². The highest BCUT2D eigenvalue weighted by molar-refractivity contribution is 7.88. The second-order valence-electron chi connectivity index (χ2n) is 4.55. The van der Waals surface area contributed by atoms with Gasteiger partial charge in [0.15, 0.2) is 0 Å². The minimum atomic E-state index is -3.13. The Morgan fingerprint density at radius 2 is 2.06 bits per heavy atom. The number of hydrogen-bond donors (Lipinski definition) is 1. The third-order valence-electron chi connectivity index (χ3n) is 3.16. The molecule has 0 aliphatic carbocycles. The van der Waals surface area contributed by atoms with Crippen LogP contribution < -0.4 is 0 Å². The molecule has 4 nitrogen and oxygen atoms in total. The first-order chi connectivity index (χ1) is 7.88. The van der Waals surface area contributed by atoms with E-state index in [1.165, 1.54) is 16.1 Å². The standard InChI is InChI=1S/C12H17NO3S/c1-9(14)11-4-3-10-5-6-13(17(2,15)16)8-12(10)7-11/h3-4,7,9,14H,5-6,8H2,1-2H3. The van der Waals surface area contributed by atoms with Crippen molar-refractivity contribution < 1.29 is 13.5 Å². The summed E-state index contributed by atoms with van der Waals surface area (Å²) in [7, 11) is -3.13. The molecule has 1 unspecified atom stereocenters. The summed E-state index contributed by atoms with van der Waals surface area (Å²) in [6.45, 7) is 2.66. The number of rotatable bonds is 2. The Kier molecular flexibility index (Phi) is 3.25. The van der Waals surface area contributed by atoms with Gasteiger partial charge in [0.05, 0.1) is 12.4 Å². The van der Waals surface area contributed by atoms with Crippen LogP contribution in [0.1, 0.15) is 29.7 Å². The van der Waals surface area contributed by atoms with Gasteiger partial charge < -0.3 is 5.11 Å². The first-order valence-electron chi connectivity index (χ1n) is 5.63. The maximum atomic E-state index is 11.5. The molecule has 1 heterocycles. The van der Waals surface area contributed by atoms with Gasteiger partial charge in [0.2, 0.25) is 10.0 Å². The highest BCUT2D eigenvalue weighted by atomic mass is 32.2. The summed E-state index contributed by atoms with van der Waals surface area (Å²) in [4.78, 5) is 0. The van der Waals surface area contributed by atoms with Crippen molar-refractivity contribution in [3.8, 4) is 0 Å². The summed E-state index contributed by atoms with van der Waals surface area (Å²) in [5, 5.41) is 9.52. The van der Waals surface area contributed by atoms with E-state index in [2.05, 4.69) is 0 Å². The zero-order valence-corrected chi connectivity index (χ0v) is 10.9. The lowest BCUT2D eigenvalue weighted by molar-refractivity contribution is 0.199. The number of fused-ring (bicyclic) bond motifs is 1. The Hall–Kier alpha value is -0.910. The van der Waals surface area contributed by atoms with Gasteiger partial charge in [0.1, 0.15) is 0 Å². The Morgan fingerprint density at radius 3 is 2.65 bits per heavy atom. The molecule has 1 aromatic rings. The Bertz CT molecular complexity index is 523. The first-order valence-corrected chi connectivity index (χ1v) is 7.47. The van der Waals surface area contributed by atoms with Crippen LogP contribution in [0.4, 0.5) is 0 Å². The van der Waals surface area contributed by atoms with Gasteiger partial charge in [-0.2, -0.15) is 4.31 Å². The van der Waals surface area contributed by atoms with Gasteiger partial charge in [-0.3, -0.25) is 0 Å². The molecule has 1 aliphatic heterocycles. The van der Waals surface area contributed by atoms with E-state index in [4.69, 9.17) is 0 Å². The minimum Gasteiger partial charge on any atom is -0.389 e. The van der Waals surface area contributed by atoms with Gasteiger partial charge in [-0.15, -0.1) is 0 Å². The molecule has 1 aliphatic rings. The molecule has 1 atom stereocenters. The zero-order chi connectivity index (χ0) is 12.6. The summed E-state index contributed by atoms with van der Waals surface area (Å²) in [5.74, 6) is 0. The maximum Gasteiger partial charge on any atom is 0.211 e. The van der Waals surface area contributed by atoms with Gasteiger partial charge in [0, 0.05) is 13.1 Å². The lowest BCUT2D eigenvalue weighted by atomic mass is 9.97. The summed E-state index contributed by atoms with van der Waals surface area (Å²) < 4.78 is 24.5. The number of aliphatic hydroxyl groups is 1. The van der Waals surface area contributed by atoms with Gasteiger partial charge in [0.25, 0.3) is 0 Å². The summed E-state index contributed by atoms with van der Waals surface area (Å²) in [5.41, 5.74) is 3.01. The fourth-order valence-corrected chi connectivity index (χ4v) is 2.89. The van der Waals surface area contributed by atoms with E-state index in [0.29, 0.717) is 13.1 Å². The van der Waals surface area contributed by atoms with Gasteiger partial charge >= 0.3 is 0 Å². The molecule has 0 amide bonds. The van der Waals surface area contributed by atoms with Crippen molar-refractivity contribution >= 4 is 10.0 Å². The van der Waals surface area contributed by atoms with E-state index < -0.39 is 16.1 Å². The Labute approximate surface area is 102 Å². The molecule has 0 saturated carbocycles. The molecule has 1 N–H and O–H groups in total. The van der Waals surface area contributed by atoms with Crippen LogP contribution in [0.25, 0.3) is 0 Å². The smallest absolute Gasteiger partial charge is 0.211 e. The third-order valence-corrected chi connectivity index (χ3v) is 4.41. The number of nitrogens with zero attached hydrogens (tertiary/aromatic N) is 1. The molecular formula is C12H17NO3S. The molecule has 0 radical (unpaired) electrons. The van der Waals surface area contributed by atoms with Crippen LogP contribution in [-0.2, 0) is 23.0 Å². The van der Waals surface area contributed by atoms with Crippen molar-refractivity contribution in [1.29, 1.82) is 0 Å². The summed E-state index contributed by atoms with van der Waals surface area (Å²) in [6.07, 6.45) is 1.45. The molecule has 0 saturated heterocycles. The number of aliphatic hydroxyl groups excluding tert-OH is 1. The van der Waals surface area contributed by atoms with Crippen LogP contribution in [0.15, 0.2) is 18.2 Å². The molecule has 5 heteroatoms. The monoisotopic (exact) mass is 255 g/mol. The topological polar surface area (TPSA) is 57.6 Å². The fraction of sp³-hybridized carbons (Fsp3) is 0.500. The molecule has 17 heavy (non-hydrogen) atoms. The van der Waals surface area contributed by atoms with Gasteiger partial charge in [-0.25, -0.2) is 8.42 Å². The largest absolute Gasteiger partial charge is 0.389 e. The van der Waals surface area contributed by atoms with E-state index in [1.54, 1.807) is 6.92 Å². The predicted molar refractivity (Wildman–Crippen MR) is 66.0 cm³/mol. The van der Waals surface area contributed by atoms with E-state index in [9.17, 15) is 13.5 Å². The van der Waals surface area contributed by atoms with Crippen LogP contribution in [0.2, 0.25) is 0 Å². The van der Waals surface area contributed by atoms with Crippen molar-refractivity contribution in [2.45, 2.75) is 26.0 Å². The van der Waals surface area contributed by atoms with E-state index in [0.717, 1.165) is 17.5 Å². The van der Waals surface area contributed by atoms with E-state index in [-0.39, 0.29) is 0 Å². The second kappa shape index (κ2) is 4.40. The molecule has 0 bridgehead atoms. The quantitative estimate of drug-likeness (QED) is 0.859. The van der Waals surface area contributed by atoms with Crippen LogP contribution in [0.5, 0.6) is 0 Å². The van der Waals surface area contributed by atoms with E-state index >= 15 is 0 Å². The van der Waals surface area contributed by atoms with Crippen molar-refractivity contribution in [2.75, 3.05) is 12.8 Å². The van der Waals surface area contributed by atoms with Gasteiger partial charge in [-0.1, -0.05) is 18.2 Å². The lowest BCUT2D eigenvalue weighted by Gasteiger charge is -2.27. The van der Waals surface area contributed by atoms with Crippen molar-refractivity contribution in [1.82, 2.24) is 4.31 Å². The molecular weight excluding hydrogens is 238 g/mol. The van der Waals surface area contributed by atoms with Gasteiger partial charge in [-0.05, 0) is 30.0 Å². The molecule has 1 aromatic carbocycles. The Morgan fingerprint density at radius 1 is 1.35 bits per heavy atom. The Balaban J connectivity index is 2.33. The molecule has 0 spiro atoms. The molecule has 2 rings (SSSR count). The average Bonchev–Trinajstić information content (AvgIpc) is 2.26. The maximum absolute atomic E-state index is 11.5. The number of hydrogen-bond acceptors (Lipinski definition) is 3. The van der Waals surface area contributed by atoms with Crippen LogP contribution in [-0.4, -0.2) is 30.6 Å². The van der Waals surface area contributed by atoms with Crippen LogP contribution in [0.3, 0.4) is 0 Å². The summed E-state index contributed by atoms with van der Waals surface area (Å²) in [6, 6.07) is 5.79. The molecule has 0 fully saturated rings. The normalized spacial score (nSPS) is 18.8. The van der Waals surface area contributed by atoms with Crippen LogP contribution in [0, 0.1) is 0 Å². The average molecular weight is 255 g/mol. The molecule has 0 aromatic heterocycles. The third kappa shape index (κ3) is 2.68. The first kappa shape index (κ1) is 12.5. The zero-order valence-electron chi connectivity index (χ0n) is 10.0. The predicted octanol–water partition coefficient (Wildman–Crippen LogP) is 1.06. The number of benzene rings is 1. The summed E-state index contributed by atoms with van der Waals surface area (Å²) >= 11 is 0. The lowest BCUT2D eigenvalue weighted by Crippen LogP contribution is -2.35.